The number of carbonyl (C=O) groups is 2. The summed E-state index contributed by atoms with van der Waals surface area (Å²) in [4.78, 5) is 23.4. The second kappa shape index (κ2) is 7.57. The van der Waals surface area contributed by atoms with Crippen LogP contribution in [0.2, 0.25) is 0 Å². The molecule has 3 rings (SSSR count). The average Bonchev–Trinajstić information content (AvgIpc) is 3.29. The van der Waals surface area contributed by atoms with E-state index in [9.17, 15) is 14.7 Å². The SMILES string of the molecule is CCC1(c2cc(CCc3ccc(C(=O)O)c(C(=O)O)c3)cs2)OCCO1. The zero-order valence-corrected chi connectivity index (χ0v) is 15.2. The molecule has 7 heteroatoms. The van der Waals surface area contributed by atoms with Crippen LogP contribution in [0.5, 0.6) is 0 Å². The van der Waals surface area contributed by atoms with Crippen molar-refractivity contribution in [1.82, 2.24) is 0 Å². The molecule has 0 aliphatic carbocycles. The number of carboxylic acids is 2. The first-order chi connectivity index (χ1) is 12.4. The van der Waals surface area contributed by atoms with Crippen LogP contribution >= 0.6 is 11.3 Å². The normalized spacial score (nSPS) is 15.9. The molecule has 0 saturated carbocycles. The van der Waals surface area contributed by atoms with Crippen molar-refractivity contribution in [2.24, 2.45) is 0 Å². The first-order valence-electron chi connectivity index (χ1n) is 8.40. The molecule has 1 aliphatic rings. The standard InChI is InChI=1S/C19H20O6S/c1-2-19(24-7-8-25-19)16-10-13(11-26-16)4-3-12-5-6-14(17(20)21)15(9-12)18(22)23/h5-6,9-11H,2-4,7-8H2,1H3,(H,20,21)(H,22,23). The second-order valence-corrected chi connectivity index (χ2v) is 7.02. The van der Waals surface area contributed by atoms with Gasteiger partial charge in [0.1, 0.15) is 0 Å². The summed E-state index contributed by atoms with van der Waals surface area (Å²) in [5, 5.41) is 20.4. The summed E-state index contributed by atoms with van der Waals surface area (Å²) in [5.41, 5.74) is 1.54. The van der Waals surface area contributed by atoms with E-state index in [1.807, 2.05) is 6.92 Å². The van der Waals surface area contributed by atoms with Gasteiger partial charge in [-0.25, -0.2) is 9.59 Å². The predicted molar refractivity (Wildman–Crippen MR) is 96.0 cm³/mol. The average molecular weight is 376 g/mol. The maximum Gasteiger partial charge on any atom is 0.336 e. The molecule has 1 aliphatic heterocycles. The van der Waals surface area contributed by atoms with E-state index in [0.29, 0.717) is 19.6 Å². The highest BCUT2D eigenvalue weighted by atomic mass is 32.1. The van der Waals surface area contributed by atoms with E-state index in [1.165, 1.54) is 12.1 Å². The molecule has 1 aromatic heterocycles. The zero-order valence-electron chi connectivity index (χ0n) is 14.4. The van der Waals surface area contributed by atoms with Gasteiger partial charge in [-0.05, 0) is 47.5 Å². The number of rotatable bonds is 7. The van der Waals surface area contributed by atoms with Crippen molar-refractivity contribution in [3.05, 3.63) is 56.8 Å². The Bertz CT molecular complexity index is 819. The molecule has 1 fully saturated rings. The summed E-state index contributed by atoms with van der Waals surface area (Å²) in [6.07, 6.45) is 2.09. The van der Waals surface area contributed by atoms with Crippen LogP contribution in [0.1, 0.15) is 50.1 Å². The number of thiophene rings is 1. The van der Waals surface area contributed by atoms with Gasteiger partial charge in [0.25, 0.3) is 0 Å². The van der Waals surface area contributed by atoms with Crippen LogP contribution in [0.4, 0.5) is 0 Å². The van der Waals surface area contributed by atoms with Crippen LogP contribution in [0.25, 0.3) is 0 Å². The first-order valence-corrected chi connectivity index (χ1v) is 9.28. The smallest absolute Gasteiger partial charge is 0.336 e. The molecule has 2 N–H and O–H groups in total. The minimum absolute atomic E-state index is 0.182. The van der Waals surface area contributed by atoms with E-state index in [2.05, 4.69) is 11.4 Å². The minimum atomic E-state index is -1.24. The molecule has 138 valence electrons. The van der Waals surface area contributed by atoms with Crippen LogP contribution < -0.4 is 0 Å². The fourth-order valence-electron chi connectivity index (χ4n) is 3.08. The van der Waals surface area contributed by atoms with E-state index in [-0.39, 0.29) is 11.1 Å². The zero-order chi connectivity index (χ0) is 18.7. The summed E-state index contributed by atoms with van der Waals surface area (Å²) < 4.78 is 11.6. The Hall–Kier alpha value is -2.22. The molecular formula is C19H20O6S. The van der Waals surface area contributed by atoms with Gasteiger partial charge in [0.15, 0.2) is 0 Å². The van der Waals surface area contributed by atoms with E-state index in [4.69, 9.17) is 14.6 Å². The van der Waals surface area contributed by atoms with E-state index < -0.39 is 17.7 Å². The second-order valence-electron chi connectivity index (χ2n) is 6.11. The summed E-state index contributed by atoms with van der Waals surface area (Å²) >= 11 is 1.60. The van der Waals surface area contributed by atoms with Gasteiger partial charge in [-0.15, -0.1) is 11.3 Å². The Morgan fingerprint density at radius 2 is 1.69 bits per heavy atom. The number of carboxylic acid groups (broad SMARTS) is 2. The lowest BCUT2D eigenvalue weighted by Gasteiger charge is -2.24. The summed E-state index contributed by atoms with van der Waals surface area (Å²) in [6.45, 7) is 3.21. The number of aryl methyl sites for hydroxylation is 2. The van der Waals surface area contributed by atoms with Crippen LogP contribution in [0.3, 0.4) is 0 Å². The van der Waals surface area contributed by atoms with Crippen LogP contribution in [0, 0.1) is 0 Å². The highest BCUT2D eigenvalue weighted by Gasteiger charge is 2.38. The van der Waals surface area contributed by atoms with E-state index in [1.54, 1.807) is 17.4 Å². The molecule has 0 radical (unpaired) electrons. The largest absolute Gasteiger partial charge is 0.478 e. The third-order valence-electron chi connectivity index (χ3n) is 4.50. The van der Waals surface area contributed by atoms with Gasteiger partial charge in [0.2, 0.25) is 5.79 Å². The van der Waals surface area contributed by atoms with Crippen molar-refractivity contribution in [3.63, 3.8) is 0 Å². The van der Waals surface area contributed by atoms with Crippen LogP contribution in [-0.4, -0.2) is 35.4 Å². The van der Waals surface area contributed by atoms with Gasteiger partial charge in [-0.2, -0.15) is 0 Å². The first kappa shape index (κ1) is 18.6. The molecule has 0 atom stereocenters. The number of hydrogen-bond donors (Lipinski definition) is 2. The summed E-state index contributed by atoms with van der Waals surface area (Å²) in [5.74, 6) is -3.11. The Labute approximate surface area is 155 Å². The predicted octanol–water partition coefficient (Wildman–Crippen LogP) is 3.54. The maximum atomic E-state index is 11.3. The Balaban J connectivity index is 1.73. The van der Waals surface area contributed by atoms with Gasteiger partial charge in [0.05, 0.1) is 29.2 Å². The third kappa shape index (κ3) is 3.65. The maximum absolute atomic E-state index is 11.3. The van der Waals surface area contributed by atoms with E-state index >= 15 is 0 Å². The number of ether oxygens (including phenoxy) is 2. The van der Waals surface area contributed by atoms with E-state index in [0.717, 1.165) is 28.8 Å². The Morgan fingerprint density at radius 3 is 2.31 bits per heavy atom. The lowest BCUT2D eigenvalue weighted by molar-refractivity contribution is -0.164. The summed E-state index contributed by atoms with van der Waals surface area (Å²) in [6, 6.07) is 6.53. The highest BCUT2D eigenvalue weighted by Crippen LogP contribution is 2.38. The molecule has 0 bridgehead atoms. The number of hydrogen-bond acceptors (Lipinski definition) is 5. The Kier molecular flexibility index (Phi) is 5.41. The third-order valence-corrected chi connectivity index (χ3v) is 5.60. The van der Waals surface area contributed by atoms with Gasteiger partial charge in [-0.1, -0.05) is 13.0 Å². The topological polar surface area (TPSA) is 93.1 Å². The molecule has 0 spiro atoms. The Morgan fingerprint density at radius 1 is 1.04 bits per heavy atom. The van der Waals surface area contributed by atoms with Gasteiger partial charge < -0.3 is 19.7 Å². The molecule has 1 saturated heterocycles. The summed E-state index contributed by atoms with van der Waals surface area (Å²) in [7, 11) is 0. The molecule has 2 aromatic rings. The highest BCUT2D eigenvalue weighted by molar-refractivity contribution is 7.10. The fourth-order valence-corrected chi connectivity index (χ4v) is 4.21. The van der Waals surface area contributed by atoms with Crippen molar-refractivity contribution < 1.29 is 29.3 Å². The molecular weight excluding hydrogens is 356 g/mol. The van der Waals surface area contributed by atoms with Gasteiger partial charge in [0, 0.05) is 6.42 Å². The molecule has 0 unspecified atom stereocenters. The molecule has 26 heavy (non-hydrogen) atoms. The van der Waals surface area contributed by atoms with Crippen molar-refractivity contribution >= 4 is 23.3 Å². The van der Waals surface area contributed by atoms with Crippen LogP contribution in [-0.2, 0) is 28.1 Å². The number of aromatic carboxylic acids is 2. The quantitative estimate of drug-likeness (QED) is 0.768. The van der Waals surface area contributed by atoms with Gasteiger partial charge >= 0.3 is 11.9 Å². The number of benzene rings is 1. The van der Waals surface area contributed by atoms with Crippen LogP contribution in [0.15, 0.2) is 29.6 Å². The van der Waals surface area contributed by atoms with Gasteiger partial charge in [-0.3, -0.25) is 0 Å². The van der Waals surface area contributed by atoms with Crippen molar-refractivity contribution in [1.29, 1.82) is 0 Å². The van der Waals surface area contributed by atoms with Crippen molar-refractivity contribution in [3.8, 4) is 0 Å². The molecule has 0 amide bonds. The van der Waals surface area contributed by atoms with Crippen molar-refractivity contribution in [2.45, 2.75) is 32.0 Å². The lowest BCUT2D eigenvalue weighted by atomic mass is 9.99. The molecule has 6 nitrogen and oxygen atoms in total. The minimum Gasteiger partial charge on any atom is -0.478 e. The molecule has 2 heterocycles. The lowest BCUT2D eigenvalue weighted by Crippen LogP contribution is -2.24. The van der Waals surface area contributed by atoms with Crippen molar-refractivity contribution in [2.75, 3.05) is 13.2 Å². The monoisotopic (exact) mass is 376 g/mol. The fraction of sp³-hybridized carbons (Fsp3) is 0.368. The molecule has 1 aromatic carbocycles.